The largest absolute Gasteiger partial charge is 0.325 e. The molecular formula is C19H31N3O. The molecule has 4 nitrogen and oxygen atoms in total. The molecule has 1 saturated heterocycles. The molecule has 1 amide bonds. The van der Waals surface area contributed by atoms with E-state index in [0.717, 1.165) is 12.2 Å². The molecule has 2 rings (SSSR count). The second-order valence-corrected chi connectivity index (χ2v) is 7.24. The minimum Gasteiger partial charge on any atom is -0.325 e. The maximum Gasteiger partial charge on any atom is 0.241 e. The number of rotatable bonds is 6. The molecule has 2 atom stereocenters. The van der Waals surface area contributed by atoms with Crippen LogP contribution in [0.15, 0.2) is 24.3 Å². The molecule has 1 unspecified atom stereocenters. The van der Waals surface area contributed by atoms with Crippen molar-refractivity contribution in [3.63, 3.8) is 0 Å². The van der Waals surface area contributed by atoms with Crippen LogP contribution in [0.3, 0.4) is 0 Å². The van der Waals surface area contributed by atoms with Crippen molar-refractivity contribution < 1.29 is 4.79 Å². The molecule has 4 heteroatoms. The molecule has 23 heavy (non-hydrogen) atoms. The summed E-state index contributed by atoms with van der Waals surface area (Å²) in [6.45, 7) is 8.63. The second-order valence-electron chi connectivity index (χ2n) is 7.24. The molecule has 0 saturated carbocycles. The van der Waals surface area contributed by atoms with E-state index in [0.29, 0.717) is 18.4 Å². The number of piperidine rings is 1. The fraction of sp³-hybridized carbons (Fsp3) is 0.632. The highest BCUT2D eigenvalue weighted by molar-refractivity contribution is 5.94. The van der Waals surface area contributed by atoms with Gasteiger partial charge in [0.05, 0.1) is 6.04 Å². The van der Waals surface area contributed by atoms with Crippen LogP contribution < -0.4 is 11.1 Å². The molecule has 0 aliphatic carbocycles. The molecule has 1 aliphatic heterocycles. The first-order valence-corrected chi connectivity index (χ1v) is 8.85. The number of nitrogens with one attached hydrogen (secondary N) is 1. The summed E-state index contributed by atoms with van der Waals surface area (Å²) in [5.74, 6) is 0.320. The third-order valence-electron chi connectivity index (χ3n) is 4.61. The summed E-state index contributed by atoms with van der Waals surface area (Å²) in [4.78, 5) is 14.6. The molecule has 1 heterocycles. The lowest BCUT2D eigenvalue weighted by Gasteiger charge is -2.33. The predicted octanol–water partition coefficient (Wildman–Crippen LogP) is 3.37. The van der Waals surface area contributed by atoms with Gasteiger partial charge in [-0.25, -0.2) is 0 Å². The van der Waals surface area contributed by atoms with Crippen LogP contribution in [-0.4, -0.2) is 29.4 Å². The Kier molecular flexibility index (Phi) is 6.60. The first-order chi connectivity index (χ1) is 11.0. The third-order valence-corrected chi connectivity index (χ3v) is 4.61. The number of carbonyl (C=O) groups is 1. The van der Waals surface area contributed by atoms with Crippen molar-refractivity contribution >= 4 is 11.6 Å². The molecular weight excluding hydrogens is 286 g/mol. The summed E-state index contributed by atoms with van der Waals surface area (Å²) in [7, 11) is 0. The standard InChI is InChI=1S/C19H31N3O/c1-14(2)12-18(20)19(23)21-17-9-7-16(8-10-17)13-22-11-5-4-6-15(22)3/h7-10,14-15,18H,4-6,11-13,20H2,1-3H3,(H,21,23)/t15?,18-/m0/s1. The Hall–Kier alpha value is -1.39. The number of nitrogens with zero attached hydrogens (tertiary/aromatic N) is 1. The monoisotopic (exact) mass is 317 g/mol. The molecule has 128 valence electrons. The summed E-state index contributed by atoms with van der Waals surface area (Å²) in [6.07, 6.45) is 4.64. The fourth-order valence-electron chi connectivity index (χ4n) is 3.17. The van der Waals surface area contributed by atoms with Crippen LogP contribution in [0.25, 0.3) is 0 Å². The average Bonchev–Trinajstić information content (AvgIpc) is 2.50. The van der Waals surface area contributed by atoms with E-state index in [1.165, 1.54) is 31.4 Å². The van der Waals surface area contributed by atoms with Gasteiger partial charge in [-0.05, 0) is 56.3 Å². The van der Waals surface area contributed by atoms with Gasteiger partial charge >= 0.3 is 0 Å². The van der Waals surface area contributed by atoms with E-state index in [4.69, 9.17) is 5.73 Å². The molecule has 1 aromatic rings. The van der Waals surface area contributed by atoms with Crippen LogP contribution in [0.5, 0.6) is 0 Å². The number of carbonyl (C=O) groups excluding carboxylic acids is 1. The Labute approximate surface area is 140 Å². The highest BCUT2D eigenvalue weighted by Crippen LogP contribution is 2.20. The van der Waals surface area contributed by atoms with Gasteiger partial charge in [-0.2, -0.15) is 0 Å². The van der Waals surface area contributed by atoms with Gasteiger partial charge in [-0.15, -0.1) is 0 Å². The molecule has 1 aromatic carbocycles. The Bertz CT molecular complexity index is 498. The number of hydrogen-bond donors (Lipinski definition) is 2. The smallest absolute Gasteiger partial charge is 0.241 e. The number of amides is 1. The van der Waals surface area contributed by atoms with E-state index in [1.807, 2.05) is 12.1 Å². The number of benzene rings is 1. The van der Waals surface area contributed by atoms with Crippen LogP contribution in [0.1, 0.15) is 52.0 Å². The van der Waals surface area contributed by atoms with Gasteiger partial charge in [0, 0.05) is 18.3 Å². The molecule has 1 fully saturated rings. The van der Waals surface area contributed by atoms with Crippen molar-refractivity contribution in [1.29, 1.82) is 0 Å². The van der Waals surface area contributed by atoms with Crippen molar-refractivity contribution in [1.82, 2.24) is 4.90 Å². The highest BCUT2D eigenvalue weighted by Gasteiger charge is 2.18. The molecule has 3 N–H and O–H groups in total. The summed E-state index contributed by atoms with van der Waals surface area (Å²) >= 11 is 0. The first kappa shape index (κ1) is 18.0. The van der Waals surface area contributed by atoms with Crippen LogP contribution in [-0.2, 0) is 11.3 Å². The lowest BCUT2D eigenvalue weighted by molar-refractivity contribution is -0.117. The van der Waals surface area contributed by atoms with Crippen LogP contribution in [0.2, 0.25) is 0 Å². The van der Waals surface area contributed by atoms with Crippen molar-refractivity contribution in [2.75, 3.05) is 11.9 Å². The molecule has 0 bridgehead atoms. The minimum absolute atomic E-state index is 0.101. The Morgan fingerprint density at radius 3 is 2.61 bits per heavy atom. The quantitative estimate of drug-likeness (QED) is 0.845. The first-order valence-electron chi connectivity index (χ1n) is 8.85. The van der Waals surface area contributed by atoms with Crippen LogP contribution in [0.4, 0.5) is 5.69 Å². The highest BCUT2D eigenvalue weighted by atomic mass is 16.2. The second kappa shape index (κ2) is 8.46. The van der Waals surface area contributed by atoms with Gasteiger partial charge < -0.3 is 11.1 Å². The van der Waals surface area contributed by atoms with Crippen LogP contribution in [0, 0.1) is 5.92 Å². The van der Waals surface area contributed by atoms with Gasteiger partial charge in [0.1, 0.15) is 0 Å². The van der Waals surface area contributed by atoms with Crippen molar-refractivity contribution in [3.8, 4) is 0 Å². The molecule has 0 radical (unpaired) electrons. The Balaban J connectivity index is 1.87. The molecule has 1 aliphatic rings. The van der Waals surface area contributed by atoms with Gasteiger partial charge in [0.2, 0.25) is 5.91 Å². The van der Waals surface area contributed by atoms with E-state index in [9.17, 15) is 4.79 Å². The SMILES string of the molecule is CC(C)C[C@H](N)C(=O)Nc1ccc(CN2CCCCC2C)cc1. The fourth-order valence-corrected chi connectivity index (χ4v) is 3.17. The summed E-state index contributed by atoms with van der Waals surface area (Å²) < 4.78 is 0. The van der Waals surface area contributed by atoms with Crippen molar-refractivity contribution in [2.45, 2.75) is 65.1 Å². The van der Waals surface area contributed by atoms with Crippen molar-refractivity contribution in [3.05, 3.63) is 29.8 Å². The van der Waals surface area contributed by atoms with Gasteiger partial charge in [0.25, 0.3) is 0 Å². The number of likely N-dealkylation sites (tertiary alicyclic amines) is 1. The average molecular weight is 317 g/mol. The predicted molar refractivity (Wildman–Crippen MR) is 96.2 cm³/mol. The zero-order valence-corrected chi connectivity index (χ0v) is 14.7. The molecule has 0 aromatic heterocycles. The van der Waals surface area contributed by atoms with Crippen LogP contribution >= 0.6 is 0 Å². The summed E-state index contributed by atoms with van der Waals surface area (Å²) in [5.41, 5.74) is 8.03. The zero-order chi connectivity index (χ0) is 16.8. The Morgan fingerprint density at radius 2 is 2.00 bits per heavy atom. The van der Waals surface area contributed by atoms with E-state index < -0.39 is 6.04 Å². The lowest BCUT2D eigenvalue weighted by Crippen LogP contribution is -2.37. The van der Waals surface area contributed by atoms with Gasteiger partial charge in [-0.1, -0.05) is 32.4 Å². The maximum absolute atomic E-state index is 12.0. The maximum atomic E-state index is 12.0. The zero-order valence-electron chi connectivity index (χ0n) is 14.7. The number of nitrogens with two attached hydrogens (primary N) is 1. The lowest BCUT2D eigenvalue weighted by atomic mass is 10.0. The van der Waals surface area contributed by atoms with E-state index in [2.05, 4.69) is 43.1 Å². The number of anilines is 1. The number of hydrogen-bond acceptors (Lipinski definition) is 3. The van der Waals surface area contributed by atoms with Gasteiger partial charge in [0.15, 0.2) is 0 Å². The van der Waals surface area contributed by atoms with E-state index in [1.54, 1.807) is 0 Å². The van der Waals surface area contributed by atoms with Gasteiger partial charge in [-0.3, -0.25) is 9.69 Å². The minimum atomic E-state index is -0.441. The van der Waals surface area contributed by atoms with Crippen molar-refractivity contribution in [2.24, 2.45) is 11.7 Å². The topological polar surface area (TPSA) is 58.4 Å². The normalized spacial score (nSPS) is 20.5. The summed E-state index contributed by atoms with van der Waals surface area (Å²) in [5, 5.41) is 2.91. The summed E-state index contributed by atoms with van der Waals surface area (Å²) in [6, 6.07) is 8.38. The molecule has 0 spiro atoms. The Morgan fingerprint density at radius 1 is 1.30 bits per heavy atom. The van der Waals surface area contributed by atoms with E-state index >= 15 is 0 Å². The van der Waals surface area contributed by atoms with E-state index in [-0.39, 0.29) is 5.91 Å². The third kappa shape index (κ3) is 5.63.